The normalized spacial score (nSPS) is 22.8. The van der Waals surface area contributed by atoms with Crippen LogP contribution in [0.5, 0.6) is 0 Å². The molecule has 0 unspecified atom stereocenters. The van der Waals surface area contributed by atoms with Gasteiger partial charge in [0.05, 0.1) is 6.61 Å². The second kappa shape index (κ2) is 5.45. The lowest BCUT2D eigenvalue weighted by Gasteiger charge is -2.29. The standard InChI is InChI=1S/C17H24N2O/c1-2-13(1)9-19-6-5-17-15(10-19)7-18-8-16(17)12-20-11-14-3-4-14/h7-8,13-14H,1-6,9-12H2. The van der Waals surface area contributed by atoms with Gasteiger partial charge in [0.1, 0.15) is 0 Å². The molecule has 2 fully saturated rings. The zero-order valence-corrected chi connectivity index (χ0v) is 12.2. The maximum absolute atomic E-state index is 5.86. The van der Waals surface area contributed by atoms with Crippen molar-refractivity contribution in [2.75, 3.05) is 19.7 Å². The summed E-state index contributed by atoms with van der Waals surface area (Å²) in [6, 6.07) is 0. The monoisotopic (exact) mass is 272 g/mol. The van der Waals surface area contributed by atoms with Crippen molar-refractivity contribution in [3.63, 3.8) is 0 Å². The van der Waals surface area contributed by atoms with E-state index in [1.165, 1.54) is 61.9 Å². The summed E-state index contributed by atoms with van der Waals surface area (Å²) in [5.74, 6) is 1.83. The van der Waals surface area contributed by atoms with Gasteiger partial charge in [-0.05, 0) is 60.6 Å². The number of aromatic nitrogens is 1. The molecule has 0 saturated heterocycles. The van der Waals surface area contributed by atoms with Crippen LogP contribution < -0.4 is 0 Å². The van der Waals surface area contributed by atoms with Crippen LogP contribution in [-0.4, -0.2) is 29.6 Å². The van der Waals surface area contributed by atoms with E-state index in [0.29, 0.717) is 0 Å². The summed E-state index contributed by atoms with van der Waals surface area (Å²) >= 11 is 0. The number of ether oxygens (including phenoxy) is 1. The van der Waals surface area contributed by atoms with E-state index in [0.717, 1.165) is 31.6 Å². The molecule has 0 atom stereocenters. The second-order valence-electron chi connectivity index (χ2n) is 6.82. The molecule has 0 spiro atoms. The Bertz CT molecular complexity index is 466. The van der Waals surface area contributed by atoms with E-state index in [4.69, 9.17) is 4.74 Å². The first kappa shape index (κ1) is 12.8. The molecule has 3 nitrogen and oxygen atoms in total. The third-order valence-electron chi connectivity index (χ3n) is 4.83. The molecule has 0 amide bonds. The van der Waals surface area contributed by atoms with Crippen molar-refractivity contribution in [1.29, 1.82) is 0 Å². The smallest absolute Gasteiger partial charge is 0.0734 e. The minimum Gasteiger partial charge on any atom is -0.376 e. The maximum Gasteiger partial charge on any atom is 0.0734 e. The summed E-state index contributed by atoms with van der Waals surface area (Å²) in [5.41, 5.74) is 4.28. The predicted octanol–water partition coefficient (Wildman–Crippen LogP) is 2.78. The van der Waals surface area contributed by atoms with Crippen LogP contribution in [0.4, 0.5) is 0 Å². The maximum atomic E-state index is 5.86. The fraction of sp³-hybridized carbons (Fsp3) is 0.706. The highest BCUT2D eigenvalue weighted by Crippen LogP contribution is 2.32. The Hall–Kier alpha value is -0.930. The Morgan fingerprint density at radius 3 is 2.80 bits per heavy atom. The van der Waals surface area contributed by atoms with Gasteiger partial charge in [-0.3, -0.25) is 9.88 Å². The number of rotatable bonds is 6. The molecule has 108 valence electrons. The molecule has 4 rings (SSSR count). The lowest BCUT2D eigenvalue weighted by Crippen LogP contribution is -2.33. The molecule has 1 aliphatic heterocycles. The molecular weight excluding hydrogens is 248 g/mol. The van der Waals surface area contributed by atoms with Gasteiger partial charge >= 0.3 is 0 Å². The Kier molecular flexibility index (Phi) is 3.49. The summed E-state index contributed by atoms with van der Waals surface area (Å²) in [6.45, 7) is 5.30. The van der Waals surface area contributed by atoms with Gasteiger partial charge in [0.15, 0.2) is 0 Å². The van der Waals surface area contributed by atoms with Gasteiger partial charge in [-0.2, -0.15) is 0 Å². The van der Waals surface area contributed by atoms with Crippen molar-refractivity contribution in [3.8, 4) is 0 Å². The summed E-state index contributed by atoms with van der Waals surface area (Å²) < 4.78 is 5.86. The predicted molar refractivity (Wildman–Crippen MR) is 78.3 cm³/mol. The number of hydrogen-bond donors (Lipinski definition) is 0. The van der Waals surface area contributed by atoms with Crippen LogP contribution in [0.2, 0.25) is 0 Å². The van der Waals surface area contributed by atoms with E-state index in [1.807, 2.05) is 6.20 Å². The number of fused-ring (bicyclic) bond motifs is 1. The fourth-order valence-corrected chi connectivity index (χ4v) is 3.19. The first-order valence-electron chi connectivity index (χ1n) is 8.13. The minimum absolute atomic E-state index is 0.759. The number of pyridine rings is 1. The summed E-state index contributed by atoms with van der Waals surface area (Å²) in [6.07, 6.45) is 10.9. The van der Waals surface area contributed by atoms with Crippen molar-refractivity contribution in [3.05, 3.63) is 29.1 Å². The van der Waals surface area contributed by atoms with Crippen LogP contribution in [0.25, 0.3) is 0 Å². The molecule has 1 aromatic heterocycles. The summed E-state index contributed by atoms with van der Waals surface area (Å²) in [4.78, 5) is 7.04. The Labute approximate surface area is 121 Å². The van der Waals surface area contributed by atoms with E-state index in [9.17, 15) is 0 Å². The van der Waals surface area contributed by atoms with Gasteiger partial charge in [0.2, 0.25) is 0 Å². The van der Waals surface area contributed by atoms with Gasteiger partial charge in [-0.1, -0.05) is 0 Å². The Morgan fingerprint density at radius 2 is 2.00 bits per heavy atom. The highest BCUT2D eigenvalue weighted by atomic mass is 16.5. The molecule has 0 bridgehead atoms. The third kappa shape index (κ3) is 3.04. The van der Waals surface area contributed by atoms with Gasteiger partial charge in [-0.25, -0.2) is 0 Å². The zero-order valence-electron chi connectivity index (χ0n) is 12.2. The molecule has 0 N–H and O–H groups in total. The highest BCUT2D eigenvalue weighted by Gasteiger charge is 2.27. The summed E-state index contributed by atoms with van der Waals surface area (Å²) in [5, 5.41) is 0. The SMILES string of the molecule is c1ncc2c(c1COCC1CC1)CCN(CC1CC1)C2. The third-order valence-corrected chi connectivity index (χ3v) is 4.83. The van der Waals surface area contributed by atoms with Crippen molar-refractivity contribution in [1.82, 2.24) is 9.88 Å². The summed E-state index contributed by atoms with van der Waals surface area (Å²) in [7, 11) is 0. The minimum atomic E-state index is 0.759. The Balaban J connectivity index is 1.40. The van der Waals surface area contributed by atoms with Crippen LogP contribution in [0.1, 0.15) is 42.4 Å². The zero-order chi connectivity index (χ0) is 13.4. The van der Waals surface area contributed by atoms with Crippen LogP contribution in [0, 0.1) is 11.8 Å². The lowest BCUT2D eigenvalue weighted by atomic mass is 9.97. The molecular formula is C17H24N2O. The first-order valence-corrected chi connectivity index (χ1v) is 8.13. The van der Waals surface area contributed by atoms with Crippen molar-refractivity contribution in [2.24, 2.45) is 11.8 Å². The fourth-order valence-electron chi connectivity index (χ4n) is 3.19. The van der Waals surface area contributed by atoms with Crippen molar-refractivity contribution >= 4 is 0 Å². The quantitative estimate of drug-likeness (QED) is 0.796. The topological polar surface area (TPSA) is 25.4 Å². The average molecular weight is 272 g/mol. The van der Waals surface area contributed by atoms with Crippen LogP contribution >= 0.6 is 0 Å². The van der Waals surface area contributed by atoms with Crippen molar-refractivity contribution < 1.29 is 4.74 Å². The van der Waals surface area contributed by atoms with Crippen LogP contribution in [-0.2, 0) is 24.3 Å². The van der Waals surface area contributed by atoms with Gasteiger partial charge < -0.3 is 4.74 Å². The van der Waals surface area contributed by atoms with E-state index in [1.54, 1.807) is 0 Å². The number of hydrogen-bond acceptors (Lipinski definition) is 3. The van der Waals surface area contributed by atoms with E-state index < -0.39 is 0 Å². The van der Waals surface area contributed by atoms with Crippen LogP contribution in [0.3, 0.4) is 0 Å². The van der Waals surface area contributed by atoms with E-state index >= 15 is 0 Å². The number of nitrogens with zero attached hydrogens (tertiary/aromatic N) is 2. The van der Waals surface area contributed by atoms with Gasteiger partial charge in [-0.15, -0.1) is 0 Å². The largest absolute Gasteiger partial charge is 0.376 e. The molecule has 3 aliphatic rings. The Morgan fingerprint density at radius 1 is 1.15 bits per heavy atom. The average Bonchev–Trinajstić information content (AvgIpc) is 3.34. The molecule has 2 aliphatic carbocycles. The molecule has 1 aromatic rings. The molecule has 0 radical (unpaired) electrons. The molecule has 3 heteroatoms. The molecule has 20 heavy (non-hydrogen) atoms. The van der Waals surface area contributed by atoms with Crippen LogP contribution in [0.15, 0.2) is 12.4 Å². The molecule has 2 heterocycles. The van der Waals surface area contributed by atoms with E-state index in [2.05, 4.69) is 16.1 Å². The second-order valence-corrected chi connectivity index (χ2v) is 6.82. The lowest BCUT2D eigenvalue weighted by molar-refractivity contribution is 0.110. The molecule has 0 aromatic carbocycles. The van der Waals surface area contributed by atoms with E-state index in [-0.39, 0.29) is 0 Å². The van der Waals surface area contributed by atoms with Crippen molar-refractivity contribution in [2.45, 2.75) is 45.3 Å². The highest BCUT2D eigenvalue weighted by molar-refractivity contribution is 5.33. The van der Waals surface area contributed by atoms with Gasteiger partial charge in [0, 0.05) is 38.6 Å². The first-order chi connectivity index (χ1) is 9.88. The molecule has 2 saturated carbocycles. The van der Waals surface area contributed by atoms with Gasteiger partial charge in [0.25, 0.3) is 0 Å².